The van der Waals surface area contributed by atoms with Crippen LogP contribution in [0.25, 0.3) is 11.0 Å². The number of amides is 1. The van der Waals surface area contributed by atoms with E-state index in [1.807, 2.05) is 32.0 Å². The van der Waals surface area contributed by atoms with Crippen LogP contribution in [0.3, 0.4) is 0 Å². The molecule has 2 rings (SSSR count). The van der Waals surface area contributed by atoms with Crippen LogP contribution in [0.1, 0.15) is 38.3 Å². The number of carbonyl (C=O) groups is 1. The smallest absolute Gasteiger partial charge is 0.323 e. The van der Waals surface area contributed by atoms with Gasteiger partial charge in [-0.05, 0) is 31.0 Å². The molecule has 2 atom stereocenters. The van der Waals surface area contributed by atoms with Crippen LogP contribution in [0.2, 0.25) is 0 Å². The molecule has 6 heteroatoms. The molecule has 1 aromatic heterocycles. The Labute approximate surface area is 116 Å². The van der Waals surface area contributed by atoms with Crippen molar-refractivity contribution in [3.63, 3.8) is 0 Å². The maximum atomic E-state index is 11.9. The zero-order chi connectivity index (χ0) is 14.7. The standard InChI is InChI=1S/C14H20N4O2/c1-3-4-10(15)13(19)16-8(2)9-5-6-11-12(7-9)18-14(20)17-11/h5-8,10H,3-4,15H2,1-2H3,(H,16,19)(H2,17,18,20)/t8?,10-/m1/s1. The number of nitrogens with two attached hydrogens (primary N) is 1. The van der Waals surface area contributed by atoms with E-state index in [1.165, 1.54) is 0 Å². The SMILES string of the molecule is CCC[C@@H](N)C(=O)NC(C)c1ccc2[nH]c(=O)[nH]c2c1. The number of aromatic nitrogens is 2. The Hall–Kier alpha value is -2.08. The molecule has 0 saturated heterocycles. The van der Waals surface area contributed by atoms with Crippen molar-refractivity contribution < 1.29 is 4.79 Å². The fourth-order valence-corrected chi connectivity index (χ4v) is 2.17. The van der Waals surface area contributed by atoms with Crippen molar-refractivity contribution in [3.05, 3.63) is 34.2 Å². The number of H-pyrrole nitrogens is 2. The molecule has 2 aromatic rings. The van der Waals surface area contributed by atoms with Crippen LogP contribution in [0.5, 0.6) is 0 Å². The van der Waals surface area contributed by atoms with Crippen molar-refractivity contribution in [2.24, 2.45) is 5.73 Å². The first-order valence-electron chi connectivity index (χ1n) is 6.79. The number of hydrogen-bond donors (Lipinski definition) is 4. The molecular formula is C14H20N4O2. The fraction of sp³-hybridized carbons (Fsp3) is 0.429. The lowest BCUT2D eigenvalue weighted by Gasteiger charge is -2.17. The molecule has 0 aliphatic carbocycles. The molecule has 20 heavy (non-hydrogen) atoms. The first-order valence-corrected chi connectivity index (χ1v) is 6.79. The Balaban J connectivity index is 2.12. The van der Waals surface area contributed by atoms with Gasteiger partial charge in [0.1, 0.15) is 0 Å². The van der Waals surface area contributed by atoms with Gasteiger partial charge in [0.05, 0.1) is 23.1 Å². The van der Waals surface area contributed by atoms with Crippen molar-refractivity contribution in [2.45, 2.75) is 38.8 Å². The zero-order valence-corrected chi connectivity index (χ0v) is 11.7. The third-order valence-corrected chi connectivity index (χ3v) is 3.34. The predicted octanol–water partition coefficient (Wildman–Crippen LogP) is 1.16. The Morgan fingerprint density at radius 3 is 2.75 bits per heavy atom. The number of nitrogens with one attached hydrogen (secondary N) is 3. The van der Waals surface area contributed by atoms with Gasteiger partial charge in [0, 0.05) is 0 Å². The minimum atomic E-state index is -0.474. The molecular weight excluding hydrogens is 256 g/mol. The number of benzene rings is 1. The zero-order valence-electron chi connectivity index (χ0n) is 11.7. The summed E-state index contributed by atoms with van der Waals surface area (Å²) in [5.74, 6) is -0.151. The Morgan fingerprint density at radius 2 is 2.05 bits per heavy atom. The maximum Gasteiger partial charge on any atom is 0.323 e. The van der Waals surface area contributed by atoms with E-state index in [-0.39, 0.29) is 17.6 Å². The lowest BCUT2D eigenvalue weighted by molar-refractivity contribution is -0.123. The summed E-state index contributed by atoms with van der Waals surface area (Å²) in [5, 5.41) is 2.89. The third-order valence-electron chi connectivity index (χ3n) is 3.34. The second kappa shape index (κ2) is 5.92. The summed E-state index contributed by atoms with van der Waals surface area (Å²) in [4.78, 5) is 28.5. The molecule has 6 nitrogen and oxygen atoms in total. The monoisotopic (exact) mass is 276 g/mol. The molecule has 1 unspecified atom stereocenters. The first-order chi connectivity index (χ1) is 9.51. The number of aromatic amines is 2. The van der Waals surface area contributed by atoms with E-state index >= 15 is 0 Å². The molecule has 0 bridgehead atoms. The van der Waals surface area contributed by atoms with Gasteiger partial charge in [-0.25, -0.2) is 4.79 Å². The Kier molecular flexibility index (Phi) is 4.24. The number of hydrogen-bond acceptors (Lipinski definition) is 3. The van der Waals surface area contributed by atoms with Crippen LogP contribution in [0.15, 0.2) is 23.0 Å². The molecule has 1 amide bonds. The van der Waals surface area contributed by atoms with Crippen molar-refractivity contribution >= 4 is 16.9 Å². The van der Waals surface area contributed by atoms with Crippen LogP contribution in [0, 0.1) is 0 Å². The van der Waals surface area contributed by atoms with Gasteiger partial charge in [0.15, 0.2) is 0 Å². The largest absolute Gasteiger partial charge is 0.348 e. The maximum absolute atomic E-state index is 11.9. The second-order valence-electron chi connectivity index (χ2n) is 5.01. The fourth-order valence-electron chi connectivity index (χ4n) is 2.17. The molecule has 0 aliphatic rings. The molecule has 0 aliphatic heterocycles. The summed E-state index contributed by atoms with van der Waals surface area (Å²) in [5.41, 5.74) is 7.95. The van der Waals surface area contributed by atoms with Crippen LogP contribution in [0.4, 0.5) is 0 Å². The summed E-state index contributed by atoms with van der Waals surface area (Å²) < 4.78 is 0. The molecule has 0 fully saturated rings. The van der Waals surface area contributed by atoms with E-state index in [4.69, 9.17) is 5.73 Å². The average Bonchev–Trinajstić information content (AvgIpc) is 2.77. The van der Waals surface area contributed by atoms with Crippen molar-refractivity contribution in [1.29, 1.82) is 0 Å². The van der Waals surface area contributed by atoms with Gasteiger partial charge >= 0.3 is 5.69 Å². The first kappa shape index (κ1) is 14.3. The molecule has 1 aromatic carbocycles. The lowest BCUT2D eigenvalue weighted by atomic mass is 10.1. The van der Waals surface area contributed by atoms with E-state index in [1.54, 1.807) is 0 Å². The van der Waals surface area contributed by atoms with E-state index in [2.05, 4.69) is 15.3 Å². The number of rotatable bonds is 5. The normalized spacial score (nSPS) is 14.2. The summed E-state index contributed by atoms with van der Waals surface area (Å²) in [6.45, 7) is 3.88. The highest BCUT2D eigenvalue weighted by Gasteiger charge is 2.16. The van der Waals surface area contributed by atoms with Gasteiger partial charge in [-0.2, -0.15) is 0 Å². The topological polar surface area (TPSA) is 104 Å². The van der Waals surface area contributed by atoms with E-state index in [9.17, 15) is 9.59 Å². The number of imidazole rings is 1. The van der Waals surface area contributed by atoms with Gasteiger partial charge in [-0.3, -0.25) is 4.79 Å². The minimum Gasteiger partial charge on any atom is -0.348 e. The van der Waals surface area contributed by atoms with Gasteiger partial charge < -0.3 is 21.0 Å². The summed E-state index contributed by atoms with van der Waals surface area (Å²) in [6.07, 6.45) is 1.54. The number of carbonyl (C=O) groups excluding carboxylic acids is 1. The average molecular weight is 276 g/mol. The highest BCUT2D eigenvalue weighted by molar-refractivity contribution is 5.82. The molecule has 1 heterocycles. The van der Waals surface area contributed by atoms with E-state index in [0.29, 0.717) is 6.42 Å². The molecule has 5 N–H and O–H groups in total. The van der Waals surface area contributed by atoms with Crippen LogP contribution in [-0.4, -0.2) is 21.9 Å². The van der Waals surface area contributed by atoms with Gasteiger partial charge in [-0.15, -0.1) is 0 Å². The minimum absolute atomic E-state index is 0.151. The van der Waals surface area contributed by atoms with E-state index < -0.39 is 6.04 Å². The Morgan fingerprint density at radius 1 is 1.35 bits per heavy atom. The summed E-state index contributed by atoms with van der Waals surface area (Å²) >= 11 is 0. The van der Waals surface area contributed by atoms with Crippen LogP contribution >= 0.6 is 0 Å². The Bertz CT molecular complexity index is 658. The van der Waals surface area contributed by atoms with Crippen molar-refractivity contribution in [2.75, 3.05) is 0 Å². The predicted molar refractivity (Wildman–Crippen MR) is 78.4 cm³/mol. The summed E-state index contributed by atoms with van der Waals surface area (Å²) in [7, 11) is 0. The highest BCUT2D eigenvalue weighted by atomic mass is 16.2. The molecule has 0 radical (unpaired) electrons. The molecule has 0 spiro atoms. The van der Waals surface area contributed by atoms with E-state index in [0.717, 1.165) is 23.0 Å². The quantitative estimate of drug-likeness (QED) is 0.658. The van der Waals surface area contributed by atoms with Crippen LogP contribution < -0.4 is 16.7 Å². The van der Waals surface area contributed by atoms with Crippen molar-refractivity contribution in [3.8, 4) is 0 Å². The van der Waals surface area contributed by atoms with Gasteiger partial charge in [0.25, 0.3) is 0 Å². The summed E-state index contributed by atoms with van der Waals surface area (Å²) in [6, 6.07) is 4.91. The third kappa shape index (κ3) is 3.08. The second-order valence-corrected chi connectivity index (χ2v) is 5.01. The van der Waals surface area contributed by atoms with Gasteiger partial charge in [0.2, 0.25) is 5.91 Å². The highest BCUT2D eigenvalue weighted by Crippen LogP contribution is 2.17. The molecule has 0 saturated carbocycles. The number of fused-ring (bicyclic) bond motifs is 1. The lowest BCUT2D eigenvalue weighted by Crippen LogP contribution is -2.41. The molecule has 108 valence electrons. The van der Waals surface area contributed by atoms with Crippen molar-refractivity contribution in [1.82, 2.24) is 15.3 Å². The van der Waals surface area contributed by atoms with Gasteiger partial charge in [-0.1, -0.05) is 19.4 Å². The van der Waals surface area contributed by atoms with Crippen LogP contribution in [-0.2, 0) is 4.79 Å².